The molecule has 118 valence electrons. The zero-order chi connectivity index (χ0) is 15.9. The largest absolute Gasteiger partial charge is 0.311 e. The summed E-state index contributed by atoms with van der Waals surface area (Å²) in [6.45, 7) is 4.91. The molecule has 1 atom stereocenters. The van der Waals surface area contributed by atoms with Gasteiger partial charge in [0.05, 0.1) is 11.6 Å². The summed E-state index contributed by atoms with van der Waals surface area (Å²) in [6, 6.07) is 9.81. The van der Waals surface area contributed by atoms with Crippen molar-refractivity contribution in [3.63, 3.8) is 0 Å². The fraction of sp³-hybridized carbons (Fsp3) is 0.474. The Morgan fingerprint density at radius 3 is 2.36 bits per heavy atom. The molecule has 3 heteroatoms. The van der Waals surface area contributed by atoms with E-state index in [-0.39, 0.29) is 11.8 Å². The molecule has 1 amide bonds. The summed E-state index contributed by atoms with van der Waals surface area (Å²) in [5, 5.41) is 0. The summed E-state index contributed by atoms with van der Waals surface area (Å²) < 4.78 is 0. The molecule has 0 bridgehead atoms. The van der Waals surface area contributed by atoms with Crippen LogP contribution in [0.5, 0.6) is 0 Å². The number of hydrogen-bond donors (Lipinski definition) is 0. The van der Waals surface area contributed by atoms with E-state index in [1.165, 1.54) is 0 Å². The standard InChI is InChI=1S/C19H25NO2/c1-3-5-12-16-17(14-21)18(15-10-8-7-9-11-15)20(19(16)22)13-6-4-2/h7-11,14,16H,3-6,12-13H2,1-2H3. The van der Waals surface area contributed by atoms with E-state index >= 15 is 0 Å². The number of rotatable bonds is 8. The van der Waals surface area contributed by atoms with Crippen LogP contribution < -0.4 is 0 Å². The van der Waals surface area contributed by atoms with Crippen molar-refractivity contribution in [2.45, 2.75) is 46.0 Å². The van der Waals surface area contributed by atoms with Crippen molar-refractivity contribution < 1.29 is 9.59 Å². The Morgan fingerprint density at radius 2 is 1.77 bits per heavy atom. The lowest BCUT2D eigenvalue weighted by molar-refractivity contribution is -0.130. The molecule has 0 aromatic heterocycles. The van der Waals surface area contributed by atoms with Gasteiger partial charge >= 0.3 is 0 Å². The lowest BCUT2D eigenvalue weighted by Crippen LogP contribution is -2.29. The van der Waals surface area contributed by atoms with Crippen LogP contribution in [0.1, 0.15) is 51.5 Å². The molecule has 22 heavy (non-hydrogen) atoms. The molecular weight excluding hydrogens is 274 g/mol. The highest BCUT2D eigenvalue weighted by atomic mass is 16.2. The summed E-state index contributed by atoms with van der Waals surface area (Å²) in [5.74, 6) is -0.160. The van der Waals surface area contributed by atoms with E-state index in [0.717, 1.165) is 49.7 Å². The first-order chi connectivity index (χ1) is 10.7. The molecule has 0 N–H and O–H groups in total. The smallest absolute Gasteiger partial charge is 0.234 e. The van der Waals surface area contributed by atoms with Crippen molar-refractivity contribution >= 4 is 17.9 Å². The van der Waals surface area contributed by atoms with Gasteiger partial charge in [-0.1, -0.05) is 63.4 Å². The molecular formula is C19H25NO2. The number of benzene rings is 1. The predicted molar refractivity (Wildman–Crippen MR) is 89.1 cm³/mol. The normalized spacial score (nSPS) is 18.2. The van der Waals surface area contributed by atoms with Crippen molar-refractivity contribution in [2.24, 2.45) is 5.92 Å². The van der Waals surface area contributed by atoms with Gasteiger partial charge in [0.1, 0.15) is 6.29 Å². The summed E-state index contributed by atoms with van der Waals surface area (Å²) >= 11 is 0. The summed E-state index contributed by atoms with van der Waals surface area (Å²) in [7, 11) is 0. The van der Waals surface area contributed by atoms with Crippen LogP contribution in [0.4, 0.5) is 0 Å². The molecule has 2 rings (SSSR count). The Kier molecular flexibility index (Phi) is 5.93. The molecule has 1 aliphatic heterocycles. The van der Waals surface area contributed by atoms with Gasteiger partial charge in [-0.2, -0.15) is 0 Å². The quantitative estimate of drug-likeness (QED) is 0.679. The second-order valence-electron chi connectivity index (χ2n) is 5.83. The maximum atomic E-state index is 12.8. The molecule has 3 nitrogen and oxygen atoms in total. The van der Waals surface area contributed by atoms with E-state index in [1.807, 2.05) is 35.2 Å². The molecule has 1 unspecified atom stereocenters. The van der Waals surface area contributed by atoms with E-state index in [0.29, 0.717) is 12.1 Å². The van der Waals surface area contributed by atoms with Gasteiger partial charge in [0.15, 0.2) is 0 Å². The lowest BCUT2D eigenvalue weighted by Gasteiger charge is -2.21. The zero-order valence-corrected chi connectivity index (χ0v) is 13.5. The van der Waals surface area contributed by atoms with Crippen LogP contribution in [-0.4, -0.2) is 23.6 Å². The Balaban J connectivity index is 2.42. The molecule has 0 fully saturated rings. The highest BCUT2D eigenvalue weighted by molar-refractivity contribution is 6.06. The van der Waals surface area contributed by atoms with Crippen LogP contribution in [0.15, 0.2) is 35.9 Å². The first-order valence-electron chi connectivity index (χ1n) is 8.30. The van der Waals surface area contributed by atoms with Gasteiger partial charge in [-0.05, 0) is 18.4 Å². The highest BCUT2D eigenvalue weighted by Crippen LogP contribution is 2.37. The minimum Gasteiger partial charge on any atom is -0.311 e. The van der Waals surface area contributed by atoms with Crippen molar-refractivity contribution in [3.8, 4) is 0 Å². The average molecular weight is 299 g/mol. The first kappa shape index (κ1) is 16.5. The van der Waals surface area contributed by atoms with Crippen LogP contribution in [0.3, 0.4) is 0 Å². The molecule has 1 aromatic rings. The first-order valence-corrected chi connectivity index (χ1v) is 8.30. The SMILES string of the molecule is CCCCC1C(=O)N(CCCC)C(c2ccccc2)=C1C=O. The number of nitrogens with zero attached hydrogens (tertiary/aromatic N) is 1. The summed E-state index contributed by atoms with van der Waals surface area (Å²) in [4.78, 5) is 26.3. The third-order valence-corrected chi connectivity index (χ3v) is 4.24. The van der Waals surface area contributed by atoms with Gasteiger partial charge in [0, 0.05) is 12.1 Å². The van der Waals surface area contributed by atoms with Gasteiger partial charge in [-0.15, -0.1) is 0 Å². The third-order valence-electron chi connectivity index (χ3n) is 4.24. The molecule has 1 aromatic carbocycles. The van der Waals surface area contributed by atoms with Crippen LogP contribution in [0.25, 0.3) is 5.70 Å². The number of carbonyl (C=O) groups excluding carboxylic acids is 2. The van der Waals surface area contributed by atoms with Gasteiger partial charge in [0.25, 0.3) is 0 Å². The van der Waals surface area contributed by atoms with Crippen molar-refractivity contribution in [2.75, 3.05) is 6.54 Å². The van der Waals surface area contributed by atoms with Crippen LogP contribution in [0.2, 0.25) is 0 Å². The second kappa shape index (κ2) is 7.92. The van der Waals surface area contributed by atoms with Gasteiger partial charge < -0.3 is 4.90 Å². The summed E-state index contributed by atoms with van der Waals surface area (Å²) in [5.41, 5.74) is 2.46. The molecule has 1 heterocycles. The minimum atomic E-state index is -0.260. The molecule has 0 saturated carbocycles. The molecule has 0 spiro atoms. The predicted octanol–water partition coefficient (Wildman–Crippen LogP) is 4.05. The fourth-order valence-corrected chi connectivity index (χ4v) is 3.03. The maximum Gasteiger partial charge on any atom is 0.234 e. The van der Waals surface area contributed by atoms with E-state index in [2.05, 4.69) is 13.8 Å². The zero-order valence-electron chi connectivity index (χ0n) is 13.5. The average Bonchev–Trinajstić information content (AvgIpc) is 2.83. The van der Waals surface area contributed by atoms with Crippen LogP contribution >= 0.6 is 0 Å². The van der Waals surface area contributed by atoms with Crippen molar-refractivity contribution in [1.82, 2.24) is 4.90 Å². The Labute approximate surface area is 133 Å². The lowest BCUT2D eigenvalue weighted by atomic mass is 9.94. The van der Waals surface area contributed by atoms with Crippen molar-refractivity contribution in [1.29, 1.82) is 0 Å². The van der Waals surface area contributed by atoms with E-state index in [4.69, 9.17) is 0 Å². The molecule has 0 radical (unpaired) electrons. The minimum absolute atomic E-state index is 0.0999. The van der Waals surface area contributed by atoms with E-state index in [1.54, 1.807) is 0 Å². The topological polar surface area (TPSA) is 37.4 Å². The van der Waals surface area contributed by atoms with Crippen LogP contribution in [-0.2, 0) is 9.59 Å². The number of hydrogen-bond acceptors (Lipinski definition) is 2. The maximum absolute atomic E-state index is 12.8. The van der Waals surface area contributed by atoms with Gasteiger partial charge in [-0.3, -0.25) is 9.59 Å². The Morgan fingerprint density at radius 1 is 1.09 bits per heavy atom. The molecule has 0 aliphatic carbocycles. The third kappa shape index (κ3) is 3.29. The molecule has 0 saturated heterocycles. The monoisotopic (exact) mass is 299 g/mol. The Bertz CT molecular complexity index is 548. The Hall–Kier alpha value is -1.90. The highest BCUT2D eigenvalue weighted by Gasteiger charge is 2.38. The van der Waals surface area contributed by atoms with Gasteiger partial charge in [-0.25, -0.2) is 0 Å². The number of amides is 1. The van der Waals surface area contributed by atoms with E-state index in [9.17, 15) is 9.59 Å². The van der Waals surface area contributed by atoms with Crippen LogP contribution in [0, 0.1) is 5.92 Å². The van der Waals surface area contributed by atoms with E-state index < -0.39 is 0 Å². The summed E-state index contributed by atoms with van der Waals surface area (Å²) in [6.07, 6.45) is 5.65. The van der Waals surface area contributed by atoms with Crippen molar-refractivity contribution in [3.05, 3.63) is 41.5 Å². The number of unbranched alkanes of at least 4 members (excludes halogenated alkanes) is 2. The molecule has 1 aliphatic rings. The fourth-order valence-electron chi connectivity index (χ4n) is 3.03. The number of aldehydes is 1. The number of carbonyl (C=O) groups is 2. The second-order valence-corrected chi connectivity index (χ2v) is 5.83. The van der Waals surface area contributed by atoms with Gasteiger partial charge in [0.2, 0.25) is 5.91 Å².